The number of carbonyl (C=O) groups excluding carboxylic acids is 1. The Morgan fingerprint density at radius 2 is 1.93 bits per heavy atom. The van der Waals surface area contributed by atoms with Crippen LogP contribution in [0.25, 0.3) is 10.2 Å². The first-order valence-corrected chi connectivity index (χ1v) is 10.6. The summed E-state index contributed by atoms with van der Waals surface area (Å²) in [5.74, 6) is -0.0991. The van der Waals surface area contributed by atoms with Gasteiger partial charge in [-0.3, -0.25) is 9.69 Å². The van der Waals surface area contributed by atoms with Gasteiger partial charge in [0.05, 0.1) is 21.8 Å². The topological polar surface area (TPSA) is 72.3 Å². The molecule has 1 N–H and O–H groups in total. The van der Waals surface area contributed by atoms with Crippen LogP contribution >= 0.6 is 11.3 Å². The molecule has 0 spiro atoms. The van der Waals surface area contributed by atoms with Gasteiger partial charge in [-0.1, -0.05) is 23.5 Å². The summed E-state index contributed by atoms with van der Waals surface area (Å²) in [6, 6.07) is 15.1. The van der Waals surface area contributed by atoms with Crippen LogP contribution in [0.3, 0.4) is 0 Å². The zero-order valence-corrected chi connectivity index (χ0v) is 17.2. The molecule has 2 heterocycles. The molecular formula is C22H23N5OS. The molecule has 0 atom stereocenters. The van der Waals surface area contributed by atoms with E-state index in [9.17, 15) is 4.79 Å². The fourth-order valence-electron chi connectivity index (χ4n) is 3.50. The maximum atomic E-state index is 12.2. The molecule has 29 heavy (non-hydrogen) atoms. The number of hydrogen-bond donors (Lipinski definition) is 1. The van der Waals surface area contributed by atoms with Crippen molar-refractivity contribution in [2.75, 3.05) is 44.2 Å². The number of thiazole rings is 1. The highest BCUT2D eigenvalue weighted by molar-refractivity contribution is 7.22. The summed E-state index contributed by atoms with van der Waals surface area (Å²) in [5, 5.41) is 12.9. The third-order valence-electron chi connectivity index (χ3n) is 5.24. The number of aryl methyl sites for hydroxylation is 1. The maximum absolute atomic E-state index is 12.2. The number of aromatic nitrogens is 1. The van der Waals surface area contributed by atoms with Gasteiger partial charge in [-0.05, 0) is 42.8 Å². The average molecular weight is 406 g/mol. The summed E-state index contributed by atoms with van der Waals surface area (Å²) in [7, 11) is 0. The molecule has 1 fully saturated rings. The number of hydrogen-bond acceptors (Lipinski definition) is 6. The summed E-state index contributed by atoms with van der Waals surface area (Å²) >= 11 is 1.76. The van der Waals surface area contributed by atoms with Crippen LogP contribution in [-0.2, 0) is 0 Å². The Morgan fingerprint density at radius 1 is 1.17 bits per heavy atom. The van der Waals surface area contributed by atoms with Gasteiger partial charge in [0.15, 0.2) is 5.13 Å². The van der Waals surface area contributed by atoms with Crippen LogP contribution in [0.1, 0.15) is 21.5 Å². The molecule has 0 saturated carbocycles. The molecule has 0 aliphatic carbocycles. The number of nitrogens with zero attached hydrogens (tertiary/aromatic N) is 4. The van der Waals surface area contributed by atoms with Crippen molar-refractivity contribution in [1.29, 1.82) is 5.26 Å². The number of anilines is 1. The molecule has 1 amide bonds. The Labute approximate surface area is 174 Å². The third kappa shape index (κ3) is 4.39. The first-order chi connectivity index (χ1) is 14.1. The standard InChI is InChI=1S/C22H23N5OS/c1-16-3-2-4-19-20(16)25-22(29-19)27-13-11-26(12-14-27)10-9-24-21(28)18-7-5-17(15-23)6-8-18/h2-8H,9-14H2,1H3,(H,24,28). The van der Waals surface area contributed by atoms with Gasteiger partial charge in [-0.25, -0.2) is 4.98 Å². The number of para-hydroxylation sites is 1. The molecule has 0 bridgehead atoms. The number of nitriles is 1. The van der Waals surface area contributed by atoms with Crippen LogP contribution in [-0.4, -0.2) is 55.1 Å². The largest absolute Gasteiger partial charge is 0.351 e. The van der Waals surface area contributed by atoms with Crippen LogP contribution in [0.5, 0.6) is 0 Å². The van der Waals surface area contributed by atoms with Crippen molar-refractivity contribution in [3.8, 4) is 6.07 Å². The van der Waals surface area contributed by atoms with Gasteiger partial charge < -0.3 is 10.2 Å². The Kier molecular flexibility index (Phi) is 5.74. The predicted octanol–water partition coefficient (Wildman–Crippen LogP) is 3.03. The van der Waals surface area contributed by atoms with E-state index in [1.807, 2.05) is 0 Å². The minimum Gasteiger partial charge on any atom is -0.351 e. The van der Waals surface area contributed by atoms with Crippen molar-refractivity contribution in [3.63, 3.8) is 0 Å². The van der Waals surface area contributed by atoms with E-state index in [2.05, 4.69) is 46.3 Å². The fourth-order valence-corrected chi connectivity index (χ4v) is 4.59. The summed E-state index contributed by atoms with van der Waals surface area (Å²) in [4.78, 5) is 21.8. The van der Waals surface area contributed by atoms with Crippen molar-refractivity contribution in [1.82, 2.24) is 15.2 Å². The zero-order chi connectivity index (χ0) is 20.2. The highest BCUT2D eigenvalue weighted by atomic mass is 32.1. The molecule has 1 saturated heterocycles. The van der Waals surface area contributed by atoms with E-state index in [1.54, 1.807) is 35.6 Å². The molecular weight excluding hydrogens is 382 g/mol. The number of benzene rings is 2. The average Bonchev–Trinajstić information content (AvgIpc) is 3.20. The van der Waals surface area contributed by atoms with Crippen molar-refractivity contribution in [2.24, 2.45) is 0 Å². The minimum atomic E-state index is -0.0991. The van der Waals surface area contributed by atoms with Crippen LogP contribution in [0.4, 0.5) is 5.13 Å². The highest BCUT2D eigenvalue weighted by Gasteiger charge is 2.20. The number of amides is 1. The van der Waals surface area contributed by atoms with Gasteiger partial charge >= 0.3 is 0 Å². The van der Waals surface area contributed by atoms with Gasteiger partial charge in [0.25, 0.3) is 5.91 Å². The molecule has 0 radical (unpaired) electrons. The van der Waals surface area contributed by atoms with E-state index in [0.29, 0.717) is 17.7 Å². The number of rotatable bonds is 5. The monoisotopic (exact) mass is 405 g/mol. The quantitative estimate of drug-likeness (QED) is 0.706. The van der Waals surface area contributed by atoms with Crippen LogP contribution in [0.15, 0.2) is 42.5 Å². The van der Waals surface area contributed by atoms with E-state index in [1.165, 1.54) is 10.3 Å². The van der Waals surface area contributed by atoms with Crippen molar-refractivity contribution in [3.05, 3.63) is 59.2 Å². The summed E-state index contributed by atoms with van der Waals surface area (Å²) < 4.78 is 1.24. The predicted molar refractivity (Wildman–Crippen MR) is 117 cm³/mol. The number of piperazine rings is 1. The smallest absolute Gasteiger partial charge is 0.251 e. The molecule has 1 aliphatic heterocycles. The first kappa shape index (κ1) is 19.4. The van der Waals surface area contributed by atoms with Crippen LogP contribution in [0, 0.1) is 18.3 Å². The summed E-state index contributed by atoms with van der Waals surface area (Å²) in [6.07, 6.45) is 0. The lowest BCUT2D eigenvalue weighted by Gasteiger charge is -2.34. The second-order valence-electron chi connectivity index (χ2n) is 7.19. The van der Waals surface area contributed by atoms with Gasteiger partial charge in [0.2, 0.25) is 0 Å². The normalized spacial score (nSPS) is 14.7. The molecule has 6 nitrogen and oxygen atoms in total. The molecule has 148 valence electrons. The maximum Gasteiger partial charge on any atom is 0.251 e. The van der Waals surface area contributed by atoms with Crippen molar-refractivity contribution < 1.29 is 4.79 Å². The Bertz CT molecular complexity index is 1050. The molecule has 0 unspecified atom stereocenters. The van der Waals surface area contributed by atoms with E-state index in [4.69, 9.17) is 10.2 Å². The van der Waals surface area contributed by atoms with E-state index in [0.717, 1.165) is 43.4 Å². The third-order valence-corrected chi connectivity index (χ3v) is 6.32. The molecule has 3 aromatic rings. The SMILES string of the molecule is Cc1cccc2sc(N3CCN(CCNC(=O)c4ccc(C#N)cc4)CC3)nc12. The number of carbonyl (C=O) groups is 1. The lowest BCUT2D eigenvalue weighted by molar-refractivity contribution is 0.0948. The van der Waals surface area contributed by atoms with Gasteiger partial charge in [0, 0.05) is 44.8 Å². The van der Waals surface area contributed by atoms with Crippen molar-refractivity contribution in [2.45, 2.75) is 6.92 Å². The fraction of sp³-hybridized carbons (Fsp3) is 0.318. The lowest BCUT2D eigenvalue weighted by atomic mass is 10.1. The van der Waals surface area contributed by atoms with E-state index < -0.39 is 0 Å². The van der Waals surface area contributed by atoms with E-state index in [-0.39, 0.29) is 5.91 Å². The molecule has 1 aromatic heterocycles. The highest BCUT2D eigenvalue weighted by Crippen LogP contribution is 2.30. The molecule has 1 aliphatic rings. The van der Waals surface area contributed by atoms with Gasteiger partial charge in [0.1, 0.15) is 0 Å². The first-order valence-electron chi connectivity index (χ1n) is 9.76. The zero-order valence-electron chi connectivity index (χ0n) is 16.4. The Balaban J connectivity index is 1.25. The van der Waals surface area contributed by atoms with E-state index >= 15 is 0 Å². The van der Waals surface area contributed by atoms with Crippen LogP contribution in [0.2, 0.25) is 0 Å². The minimum absolute atomic E-state index is 0.0991. The van der Waals surface area contributed by atoms with Gasteiger partial charge in [-0.15, -0.1) is 0 Å². The lowest BCUT2D eigenvalue weighted by Crippen LogP contribution is -2.48. The number of nitrogens with one attached hydrogen (secondary N) is 1. The Hall–Kier alpha value is -2.95. The number of fused-ring (bicyclic) bond motifs is 1. The van der Waals surface area contributed by atoms with Crippen molar-refractivity contribution >= 4 is 32.6 Å². The Morgan fingerprint density at radius 3 is 2.62 bits per heavy atom. The summed E-state index contributed by atoms with van der Waals surface area (Å²) in [6.45, 7) is 7.36. The molecule has 4 rings (SSSR count). The van der Waals surface area contributed by atoms with Crippen LogP contribution < -0.4 is 10.2 Å². The van der Waals surface area contributed by atoms with Gasteiger partial charge in [-0.2, -0.15) is 5.26 Å². The summed E-state index contributed by atoms with van der Waals surface area (Å²) in [5.41, 5.74) is 3.48. The molecule has 2 aromatic carbocycles. The molecule has 7 heteroatoms. The second-order valence-corrected chi connectivity index (χ2v) is 8.20. The second kappa shape index (κ2) is 8.60.